The fourth-order valence-corrected chi connectivity index (χ4v) is 10.9. The van der Waals surface area contributed by atoms with Crippen molar-refractivity contribution >= 4 is 34.7 Å². The molecule has 2 aromatic carbocycles. The summed E-state index contributed by atoms with van der Waals surface area (Å²) >= 11 is 1.60. The van der Waals surface area contributed by atoms with Crippen LogP contribution in [-0.4, -0.2) is 136 Å². The lowest BCUT2D eigenvalue weighted by molar-refractivity contribution is -0.893. The van der Waals surface area contributed by atoms with Gasteiger partial charge in [-0.15, -0.1) is 21.5 Å². The molecule has 2 amide bonds. The summed E-state index contributed by atoms with van der Waals surface area (Å²) in [6.45, 7) is 15.9. The number of para-hydroxylation sites is 1. The zero-order valence-corrected chi connectivity index (χ0v) is 38.5. The number of carbonyl (C=O) groups excluding carboxylic acids is 2. The number of piperazine rings is 1. The molecule has 3 aromatic heterocycles. The van der Waals surface area contributed by atoms with Crippen LogP contribution in [0.4, 0.5) is 11.5 Å². The highest BCUT2D eigenvalue weighted by Gasteiger charge is 2.44. The van der Waals surface area contributed by atoms with Gasteiger partial charge >= 0.3 is 6.39 Å². The number of piperidine rings is 1. The van der Waals surface area contributed by atoms with Gasteiger partial charge in [-0.25, -0.2) is 4.98 Å². The van der Waals surface area contributed by atoms with E-state index in [-0.39, 0.29) is 42.5 Å². The van der Waals surface area contributed by atoms with Gasteiger partial charge in [0.15, 0.2) is 18.2 Å². The lowest BCUT2D eigenvalue weighted by atomic mass is 9.92. The summed E-state index contributed by atoms with van der Waals surface area (Å²) in [5.41, 5.74) is 7.23. The van der Waals surface area contributed by atoms with Crippen molar-refractivity contribution in [1.82, 2.24) is 35.2 Å². The number of aryl methyl sites for hydroxylation is 1. The van der Waals surface area contributed by atoms with Crippen LogP contribution in [0.2, 0.25) is 0 Å². The van der Waals surface area contributed by atoms with Crippen LogP contribution < -0.4 is 25.1 Å². The molecule has 0 radical (unpaired) electrons. The SMILES string of the molecule is Cc1ncsc1-c1ccc([C@H](C)NC(=O)[C@@H]2C[C@@H](O)CN2C(=O)[C@@H](c2c[n+](OCCN3CCCC(CN4CCN5c6cc(-c7ccccc7O)nnc6NC[C@H]5C4)C3)co2)C(C)C)cc1. The maximum Gasteiger partial charge on any atom is 0.384 e. The Morgan fingerprint density at radius 1 is 1.05 bits per heavy atom. The zero-order valence-electron chi connectivity index (χ0n) is 37.7. The number of aromatic hydroxyl groups is 1. The van der Waals surface area contributed by atoms with E-state index in [1.165, 1.54) is 17.7 Å². The number of thiazole rings is 1. The van der Waals surface area contributed by atoms with Crippen molar-refractivity contribution in [3.05, 3.63) is 89.7 Å². The van der Waals surface area contributed by atoms with Crippen LogP contribution >= 0.6 is 11.3 Å². The molecule has 0 spiro atoms. The number of rotatable bonds is 14. The minimum absolute atomic E-state index is 0.0757. The molecule has 0 saturated carbocycles. The van der Waals surface area contributed by atoms with E-state index < -0.39 is 18.1 Å². The number of anilines is 2. The number of hydrogen-bond donors (Lipinski definition) is 4. The Labute approximate surface area is 384 Å². The maximum absolute atomic E-state index is 14.3. The first kappa shape index (κ1) is 44.6. The second kappa shape index (κ2) is 19.5. The Kier molecular flexibility index (Phi) is 13.3. The van der Waals surface area contributed by atoms with Crippen LogP contribution in [0.5, 0.6) is 5.75 Å². The summed E-state index contributed by atoms with van der Waals surface area (Å²) in [6, 6.07) is 16.6. The van der Waals surface area contributed by atoms with E-state index in [0.29, 0.717) is 35.6 Å². The van der Waals surface area contributed by atoms with Crippen molar-refractivity contribution in [3.63, 3.8) is 0 Å². The highest BCUT2D eigenvalue weighted by molar-refractivity contribution is 7.13. The average molecular weight is 906 g/mol. The minimum atomic E-state index is -0.806. The molecule has 4 aliphatic heterocycles. The molecule has 16 nitrogen and oxygen atoms in total. The van der Waals surface area contributed by atoms with Crippen molar-refractivity contribution < 1.29 is 33.8 Å². The number of aliphatic hydroxyl groups excluding tert-OH is 1. The monoisotopic (exact) mass is 905 g/mol. The normalized spacial score (nSPS) is 22.2. The van der Waals surface area contributed by atoms with Gasteiger partial charge in [-0.3, -0.25) is 24.2 Å². The van der Waals surface area contributed by atoms with Gasteiger partial charge in [0.25, 0.3) is 6.20 Å². The molecular formula is C48H61N10O6S+. The van der Waals surface area contributed by atoms with Crippen molar-refractivity contribution in [1.29, 1.82) is 0 Å². The first-order valence-corrected chi connectivity index (χ1v) is 23.9. The van der Waals surface area contributed by atoms with Crippen LogP contribution in [0.15, 0.2) is 77.1 Å². The average Bonchev–Trinajstić information content (AvgIpc) is 4.06. The van der Waals surface area contributed by atoms with Crippen LogP contribution in [0.3, 0.4) is 0 Å². The van der Waals surface area contributed by atoms with Gasteiger partial charge in [0.05, 0.1) is 45.7 Å². The quantitative estimate of drug-likeness (QED) is 0.115. The third-order valence-corrected chi connectivity index (χ3v) is 14.5. The summed E-state index contributed by atoms with van der Waals surface area (Å²) in [5.74, 6) is 0.648. The summed E-state index contributed by atoms with van der Waals surface area (Å²) in [4.78, 5) is 48.7. The zero-order chi connectivity index (χ0) is 45.2. The van der Waals surface area contributed by atoms with E-state index in [0.717, 1.165) is 92.0 Å². The Hall–Kier alpha value is -5.62. The highest BCUT2D eigenvalue weighted by atomic mass is 32.1. The van der Waals surface area contributed by atoms with E-state index in [4.69, 9.17) is 9.25 Å². The first-order chi connectivity index (χ1) is 31.5. The second-order valence-electron chi connectivity index (χ2n) is 18.5. The van der Waals surface area contributed by atoms with E-state index in [9.17, 15) is 19.8 Å². The molecule has 4 aliphatic rings. The number of likely N-dealkylation sites (tertiary alicyclic amines) is 2. The van der Waals surface area contributed by atoms with E-state index in [2.05, 4.69) is 40.5 Å². The number of oxazole rings is 1. The molecule has 3 saturated heterocycles. The fourth-order valence-electron chi connectivity index (χ4n) is 10.1. The van der Waals surface area contributed by atoms with Crippen molar-refractivity contribution in [3.8, 4) is 27.4 Å². The number of phenols is 1. The molecular weight excluding hydrogens is 845 g/mol. The van der Waals surface area contributed by atoms with Crippen LogP contribution in [-0.2, 0) is 9.59 Å². The van der Waals surface area contributed by atoms with Gasteiger partial charge in [-0.1, -0.05) is 50.2 Å². The van der Waals surface area contributed by atoms with Crippen LogP contribution in [0, 0.1) is 18.8 Å². The van der Waals surface area contributed by atoms with Crippen molar-refractivity contribution in [2.24, 2.45) is 11.8 Å². The van der Waals surface area contributed by atoms with Crippen LogP contribution in [0.1, 0.15) is 69.0 Å². The molecule has 0 aliphatic carbocycles. The molecule has 65 heavy (non-hydrogen) atoms. The molecule has 344 valence electrons. The number of nitrogens with zero attached hydrogens (tertiary/aromatic N) is 8. The number of carbonyl (C=O) groups is 2. The second-order valence-corrected chi connectivity index (χ2v) is 19.3. The molecule has 4 N–H and O–H groups in total. The molecule has 0 bridgehead atoms. The number of aromatic nitrogens is 4. The maximum atomic E-state index is 14.3. The summed E-state index contributed by atoms with van der Waals surface area (Å²) < 4.78 is 7.51. The molecule has 3 fully saturated rings. The summed E-state index contributed by atoms with van der Waals surface area (Å²) in [6.07, 6.45) is 4.91. The highest BCUT2D eigenvalue weighted by Crippen LogP contribution is 2.37. The van der Waals surface area contributed by atoms with Crippen molar-refractivity contribution in [2.45, 2.75) is 77.1 Å². The number of phenolic OH excluding ortho intramolecular Hbond substituents is 1. The Morgan fingerprint density at radius 3 is 2.66 bits per heavy atom. The number of benzene rings is 2. The number of aliphatic hydroxyl groups is 1. The van der Waals surface area contributed by atoms with Gasteiger partial charge in [-0.2, -0.15) is 0 Å². The smallest absolute Gasteiger partial charge is 0.384 e. The minimum Gasteiger partial charge on any atom is -0.507 e. The van der Waals surface area contributed by atoms with Gasteiger partial charge < -0.3 is 35.1 Å². The lowest BCUT2D eigenvalue weighted by Crippen LogP contribution is -2.59. The summed E-state index contributed by atoms with van der Waals surface area (Å²) in [7, 11) is 0. The molecule has 7 heterocycles. The molecule has 9 rings (SSSR count). The Balaban J connectivity index is 0.750. The lowest BCUT2D eigenvalue weighted by Gasteiger charge is -2.47. The van der Waals surface area contributed by atoms with Crippen LogP contribution in [0.25, 0.3) is 21.7 Å². The topological polar surface area (TPSA) is 177 Å². The number of fused-ring (bicyclic) bond motifs is 3. The van der Waals surface area contributed by atoms with Gasteiger partial charge in [-0.05, 0) is 74.4 Å². The van der Waals surface area contributed by atoms with E-state index in [1.807, 2.05) is 81.7 Å². The van der Waals surface area contributed by atoms with Gasteiger partial charge in [0, 0.05) is 69.1 Å². The van der Waals surface area contributed by atoms with E-state index in [1.54, 1.807) is 28.3 Å². The number of hydrogen-bond acceptors (Lipinski definition) is 14. The molecule has 5 aromatic rings. The third kappa shape index (κ3) is 9.83. The van der Waals surface area contributed by atoms with Crippen molar-refractivity contribution in [2.75, 3.05) is 75.7 Å². The predicted molar refractivity (Wildman–Crippen MR) is 247 cm³/mol. The number of nitrogens with one attached hydrogen (secondary N) is 2. The molecule has 1 unspecified atom stereocenters. The molecule has 6 atom stereocenters. The third-order valence-electron chi connectivity index (χ3n) is 13.5. The standard InChI is InChI=1S/C48H60N10O6S/c1-30(2)44(48(62)58-26-37(59)20-41(58)47(61)51-31(3)34-11-13-35(14-12-34)45-32(4)50-28-65-45)43-27-56(29-63-43)64-19-18-54-15-7-8-33(23-54)24-55-16-17-57-36(25-55)22-49-46-40(57)21-39(52-53-46)38-9-5-6-10-42(38)60/h5-6,9-14,21,27-31,33,36-37,41,44,59H,7-8,15-20,22-26H2,1-4H3,(H2-,49,51,52,53,60,61)/p+1/t31-,33?,36-,37+,41-,44+/m0/s1. The van der Waals surface area contributed by atoms with Gasteiger partial charge in [0.2, 0.25) is 11.8 Å². The number of β-amino-alcohol motifs (C(OH)–C–C–N with tert-alkyl or cyclic N) is 1. The number of amides is 2. The largest absolute Gasteiger partial charge is 0.507 e. The molecule has 17 heteroatoms. The van der Waals surface area contributed by atoms with E-state index >= 15 is 0 Å². The Bertz CT molecular complexity index is 2440. The fraction of sp³-hybridized carbons (Fsp3) is 0.500. The summed E-state index contributed by atoms with van der Waals surface area (Å²) in [5, 5.41) is 36.6. The predicted octanol–water partition coefficient (Wildman–Crippen LogP) is 4.50. The Morgan fingerprint density at radius 2 is 1.88 bits per heavy atom. The first-order valence-electron chi connectivity index (χ1n) is 23.0. The van der Waals surface area contributed by atoms with Gasteiger partial charge in [0.1, 0.15) is 17.7 Å².